The molecule has 5 heteroatoms. The average Bonchev–Trinajstić information content (AvgIpc) is 2.72. The van der Waals surface area contributed by atoms with E-state index in [1.54, 1.807) is 0 Å². The van der Waals surface area contributed by atoms with Gasteiger partial charge in [-0.15, -0.1) is 0 Å². The zero-order chi connectivity index (χ0) is 9.97. The number of nitrogens with zero attached hydrogens (tertiary/aromatic N) is 2. The maximum Gasteiger partial charge on any atom is 0.0904 e. The molecule has 2 rings (SSSR count). The normalized spacial score (nSPS) is 21.7. The zero-order valence-corrected chi connectivity index (χ0v) is 9.75. The summed E-state index contributed by atoms with van der Waals surface area (Å²) in [6.45, 7) is 2.50. The van der Waals surface area contributed by atoms with Gasteiger partial charge in [-0.05, 0) is 22.4 Å². The molecule has 0 bridgehead atoms. The summed E-state index contributed by atoms with van der Waals surface area (Å²) < 4.78 is 8.15. The predicted octanol–water partition coefficient (Wildman–Crippen LogP) is 1.06. The number of hydrogen-bond acceptors (Lipinski definition) is 3. The lowest BCUT2D eigenvalue weighted by Gasteiger charge is -2.08. The lowest BCUT2D eigenvalue weighted by Crippen LogP contribution is -2.28. The Labute approximate surface area is 91.8 Å². The average molecular weight is 260 g/mol. The molecular formula is C9H14BrN3O. The van der Waals surface area contributed by atoms with E-state index >= 15 is 0 Å². The summed E-state index contributed by atoms with van der Waals surface area (Å²) in [5.41, 5.74) is 1.06. The highest BCUT2D eigenvalue weighted by molar-refractivity contribution is 9.10. The molecule has 1 aromatic heterocycles. The Morgan fingerprint density at radius 3 is 3.21 bits per heavy atom. The number of halogens is 1. The fraction of sp³-hybridized carbons (Fsp3) is 0.667. The SMILES string of the molecule is Cn1cc(Br)c(CNC2CCOC2)n1. The van der Waals surface area contributed by atoms with E-state index < -0.39 is 0 Å². The molecular weight excluding hydrogens is 246 g/mol. The van der Waals surface area contributed by atoms with Gasteiger partial charge in [0.05, 0.1) is 16.8 Å². The van der Waals surface area contributed by atoms with Crippen molar-refractivity contribution < 1.29 is 4.74 Å². The molecule has 1 aliphatic rings. The van der Waals surface area contributed by atoms with Crippen LogP contribution < -0.4 is 5.32 Å². The van der Waals surface area contributed by atoms with E-state index in [0.717, 1.165) is 36.3 Å². The van der Waals surface area contributed by atoms with Crippen LogP contribution in [0, 0.1) is 0 Å². The Morgan fingerprint density at radius 1 is 1.79 bits per heavy atom. The fourth-order valence-corrected chi connectivity index (χ4v) is 2.08. The maximum absolute atomic E-state index is 5.28. The molecule has 78 valence electrons. The molecule has 0 aromatic carbocycles. The monoisotopic (exact) mass is 259 g/mol. The van der Waals surface area contributed by atoms with Gasteiger partial charge in [0.1, 0.15) is 0 Å². The Hall–Kier alpha value is -0.390. The summed E-state index contributed by atoms with van der Waals surface area (Å²) in [5, 5.41) is 7.76. The molecule has 1 unspecified atom stereocenters. The summed E-state index contributed by atoms with van der Waals surface area (Å²) >= 11 is 3.47. The van der Waals surface area contributed by atoms with Crippen LogP contribution in [0.4, 0.5) is 0 Å². The van der Waals surface area contributed by atoms with Crippen LogP contribution in [0.2, 0.25) is 0 Å². The van der Waals surface area contributed by atoms with E-state index in [1.165, 1.54) is 0 Å². The van der Waals surface area contributed by atoms with Crippen molar-refractivity contribution in [3.05, 3.63) is 16.4 Å². The van der Waals surface area contributed by atoms with Gasteiger partial charge in [0.15, 0.2) is 0 Å². The quantitative estimate of drug-likeness (QED) is 0.883. The van der Waals surface area contributed by atoms with E-state index in [1.807, 2.05) is 17.9 Å². The van der Waals surface area contributed by atoms with Crippen molar-refractivity contribution in [2.24, 2.45) is 7.05 Å². The molecule has 1 N–H and O–H groups in total. The van der Waals surface area contributed by atoms with Crippen LogP contribution >= 0.6 is 15.9 Å². The molecule has 0 saturated carbocycles. The third kappa shape index (κ3) is 2.34. The fourth-order valence-electron chi connectivity index (χ4n) is 1.56. The van der Waals surface area contributed by atoms with Crippen molar-refractivity contribution in [3.63, 3.8) is 0 Å². The Kier molecular flexibility index (Phi) is 3.20. The first-order valence-corrected chi connectivity index (χ1v) is 5.54. The van der Waals surface area contributed by atoms with Crippen molar-refractivity contribution in [2.75, 3.05) is 13.2 Å². The van der Waals surface area contributed by atoms with Crippen LogP contribution in [0.15, 0.2) is 10.7 Å². The molecule has 0 aliphatic carbocycles. The lowest BCUT2D eigenvalue weighted by atomic mass is 10.2. The van der Waals surface area contributed by atoms with E-state index in [2.05, 4.69) is 26.3 Å². The van der Waals surface area contributed by atoms with Crippen LogP contribution in [0.3, 0.4) is 0 Å². The molecule has 1 aromatic rings. The zero-order valence-electron chi connectivity index (χ0n) is 8.16. The number of aromatic nitrogens is 2. The van der Waals surface area contributed by atoms with Crippen LogP contribution in [-0.2, 0) is 18.3 Å². The summed E-state index contributed by atoms with van der Waals surface area (Å²) in [7, 11) is 1.92. The van der Waals surface area contributed by atoms with Crippen LogP contribution in [-0.4, -0.2) is 29.0 Å². The summed E-state index contributed by atoms with van der Waals surface area (Å²) in [5.74, 6) is 0. The third-order valence-corrected chi connectivity index (χ3v) is 3.00. The largest absolute Gasteiger partial charge is 0.380 e. The first kappa shape index (κ1) is 10.1. The number of aryl methyl sites for hydroxylation is 1. The molecule has 0 radical (unpaired) electrons. The Balaban J connectivity index is 1.87. The van der Waals surface area contributed by atoms with E-state index in [-0.39, 0.29) is 0 Å². The van der Waals surface area contributed by atoms with Gasteiger partial charge in [0, 0.05) is 32.4 Å². The van der Waals surface area contributed by atoms with Gasteiger partial charge in [0.2, 0.25) is 0 Å². The highest BCUT2D eigenvalue weighted by Gasteiger charge is 2.15. The van der Waals surface area contributed by atoms with Gasteiger partial charge < -0.3 is 10.1 Å². The van der Waals surface area contributed by atoms with Crippen LogP contribution in [0.25, 0.3) is 0 Å². The van der Waals surface area contributed by atoms with Crippen molar-refractivity contribution >= 4 is 15.9 Å². The number of hydrogen-bond donors (Lipinski definition) is 1. The molecule has 14 heavy (non-hydrogen) atoms. The van der Waals surface area contributed by atoms with Gasteiger partial charge in [0.25, 0.3) is 0 Å². The number of nitrogens with one attached hydrogen (secondary N) is 1. The first-order chi connectivity index (χ1) is 6.75. The highest BCUT2D eigenvalue weighted by Crippen LogP contribution is 2.14. The molecule has 1 fully saturated rings. The topological polar surface area (TPSA) is 39.1 Å². The second-order valence-electron chi connectivity index (χ2n) is 3.54. The maximum atomic E-state index is 5.28. The Bertz CT molecular complexity index is 307. The first-order valence-electron chi connectivity index (χ1n) is 4.75. The van der Waals surface area contributed by atoms with Crippen LogP contribution in [0.1, 0.15) is 12.1 Å². The molecule has 0 spiro atoms. The molecule has 1 aliphatic heterocycles. The van der Waals surface area contributed by atoms with E-state index in [4.69, 9.17) is 4.74 Å². The molecule has 1 atom stereocenters. The number of ether oxygens (including phenoxy) is 1. The minimum atomic E-state index is 0.490. The number of rotatable bonds is 3. The van der Waals surface area contributed by atoms with Crippen molar-refractivity contribution in [2.45, 2.75) is 19.0 Å². The molecule has 1 saturated heterocycles. The predicted molar refractivity (Wildman–Crippen MR) is 57.0 cm³/mol. The van der Waals surface area contributed by atoms with Crippen molar-refractivity contribution in [1.29, 1.82) is 0 Å². The molecule has 0 amide bonds. The van der Waals surface area contributed by atoms with Crippen LogP contribution in [0.5, 0.6) is 0 Å². The summed E-state index contributed by atoms with van der Waals surface area (Å²) in [6.07, 6.45) is 3.06. The summed E-state index contributed by atoms with van der Waals surface area (Å²) in [6, 6.07) is 0.490. The highest BCUT2D eigenvalue weighted by atomic mass is 79.9. The van der Waals surface area contributed by atoms with Gasteiger partial charge in [-0.2, -0.15) is 5.10 Å². The minimum absolute atomic E-state index is 0.490. The Morgan fingerprint density at radius 2 is 2.64 bits per heavy atom. The van der Waals surface area contributed by atoms with Gasteiger partial charge in [-0.1, -0.05) is 0 Å². The van der Waals surface area contributed by atoms with Gasteiger partial charge in [-0.3, -0.25) is 4.68 Å². The standard InChI is InChI=1S/C9H14BrN3O/c1-13-5-8(10)9(12-13)4-11-7-2-3-14-6-7/h5,7,11H,2-4,6H2,1H3. The second kappa shape index (κ2) is 4.42. The molecule has 2 heterocycles. The van der Waals surface area contributed by atoms with Crippen molar-refractivity contribution in [3.8, 4) is 0 Å². The van der Waals surface area contributed by atoms with Gasteiger partial charge >= 0.3 is 0 Å². The van der Waals surface area contributed by atoms with E-state index in [0.29, 0.717) is 6.04 Å². The lowest BCUT2D eigenvalue weighted by molar-refractivity contribution is 0.189. The van der Waals surface area contributed by atoms with Gasteiger partial charge in [-0.25, -0.2) is 0 Å². The second-order valence-corrected chi connectivity index (χ2v) is 4.39. The summed E-state index contributed by atoms with van der Waals surface area (Å²) in [4.78, 5) is 0. The third-order valence-electron chi connectivity index (χ3n) is 2.34. The minimum Gasteiger partial charge on any atom is -0.380 e. The van der Waals surface area contributed by atoms with Crippen molar-refractivity contribution in [1.82, 2.24) is 15.1 Å². The van der Waals surface area contributed by atoms with E-state index in [9.17, 15) is 0 Å². The molecule has 4 nitrogen and oxygen atoms in total. The smallest absolute Gasteiger partial charge is 0.0904 e.